The first-order valence-electron chi connectivity index (χ1n) is 13.0. The first-order chi connectivity index (χ1) is 17.8. The second-order valence-electron chi connectivity index (χ2n) is 9.94. The van der Waals surface area contributed by atoms with E-state index in [-0.39, 0.29) is 31.1 Å². The average molecular weight is 512 g/mol. The number of ketones is 1. The maximum atomic E-state index is 14.0. The number of Topliss-reactive ketones (excluding diaryl/α,β-unsaturated/α-hetero) is 1. The van der Waals surface area contributed by atoms with Crippen molar-refractivity contribution in [1.29, 1.82) is 0 Å². The fourth-order valence-corrected chi connectivity index (χ4v) is 5.41. The molecule has 6 nitrogen and oxygen atoms in total. The quantitative estimate of drug-likeness (QED) is 0.424. The van der Waals surface area contributed by atoms with E-state index in [0.717, 1.165) is 43.1 Å². The van der Waals surface area contributed by atoms with Crippen LogP contribution in [0.2, 0.25) is 0 Å². The van der Waals surface area contributed by atoms with Gasteiger partial charge in [-0.3, -0.25) is 9.59 Å². The van der Waals surface area contributed by atoms with Crippen molar-refractivity contribution >= 4 is 11.7 Å². The van der Waals surface area contributed by atoms with Crippen LogP contribution in [-0.4, -0.2) is 60.5 Å². The number of carbonyl (C=O) groups excluding carboxylic acids is 2. The van der Waals surface area contributed by atoms with Crippen LogP contribution in [-0.2, 0) is 16.0 Å². The number of likely N-dealkylation sites (tertiary alicyclic amines) is 1. The minimum atomic E-state index is -0.679. The summed E-state index contributed by atoms with van der Waals surface area (Å²) in [4.78, 5) is 28.3. The third-order valence-corrected chi connectivity index (χ3v) is 7.23. The molecule has 198 valence electrons. The molecule has 1 aliphatic heterocycles. The minimum absolute atomic E-state index is 0.00368. The molecule has 1 amide bonds. The van der Waals surface area contributed by atoms with Crippen LogP contribution >= 0.6 is 0 Å². The van der Waals surface area contributed by atoms with Gasteiger partial charge in [0, 0.05) is 55.7 Å². The van der Waals surface area contributed by atoms with Gasteiger partial charge < -0.3 is 20.6 Å². The summed E-state index contributed by atoms with van der Waals surface area (Å²) in [6.45, 7) is 6.78. The molecule has 0 radical (unpaired) electrons. The molecule has 0 saturated carbocycles. The van der Waals surface area contributed by atoms with Gasteiger partial charge in [-0.2, -0.15) is 0 Å². The van der Waals surface area contributed by atoms with Crippen molar-refractivity contribution in [1.82, 2.24) is 15.5 Å². The Morgan fingerprint density at radius 2 is 1.84 bits per heavy atom. The molecule has 0 spiro atoms. The number of halogens is 2. The molecule has 0 aromatic heterocycles. The number of hydrogen-bond donors (Lipinski definition) is 3. The number of aliphatic hydroxyl groups excluding tert-OH is 1. The molecule has 37 heavy (non-hydrogen) atoms. The number of nitrogens with zero attached hydrogens (tertiary/aromatic N) is 1. The van der Waals surface area contributed by atoms with Gasteiger partial charge in [-0.1, -0.05) is 18.2 Å². The lowest BCUT2D eigenvalue weighted by Crippen LogP contribution is -2.40. The van der Waals surface area contributed by atoms with Gasteiger partial charge in [-0.25, -0.2) is 8.78 Å². The number of fused-ring (bicyclic) bond motifs is 1. The van der Waals surface area contributed by atoms with E-state index in [0.29, 0.717) is 35.5 Å². The number of β-amino-alcohol motifs (C(OH)–C–C–N with tert-alkyl or cyclic N) is 1. The van der Waals surface area contributed by atoms with Crippen LogP contribution in [0, 0.1) is 11.6 Å². The van der Waals surface area contributed by atoms with E-state index < -0.39 is 23.7 Å². The van der Waals surface area contributed by atoms with Crippen molar-refractivity contribution < 1.29 is 23.5 Å². The minimum Gasteiger partial charge on any atom is -0.390 e. The van der Waals surface area contributed by atoms with Gasteiger partial charge >= 0.3 is 0 Å². The molecule has 1 aliphatic carbocycles. The molecule has 8 heteroatoms. The number of amides is 1. The summed E-state index contributed by atoms with van der Waals surface area (Å²) >= 11 is 0. The predicted molar refractivity (Wildman–Crippen MR) is 139 cm³/mol. The summed E-state index contributed by atoms with van der Waals surface area (Å²) in [5.41, 5.74) is 3.67. The first kappa shape index (κ1) is 26.9. The van der Waals surface area contributed by atoms with E-state index in [2.05, 4.69) is 15.5 Å². The largest absolute Gasteiger partial charge is 0.390 e. The topological polar surface area (TPSA) is 81.7 Å². The molecular weight excluding hydrogens is 476 g/mol. The fraction of sp³-hybridized carbons (Fsp3) is 0.448. The van der Waals surface area contributed by atoms with Crippen molar-refractivity contribution in [3.8, 4) is 11.1 Å². The van der Waals surface area contributed by atoms with Gasteiger partial charge in [-0.15, -0.1) is 0 Å². The normalized spacial score (nSPS) is 18.9. The van der Waals surface area contributed by atoms with E-state index >= 15 is 0 Å². The van der Waals surface area contributed by atoms with E-state index in [1.165, 1.54) is 12.1 Å². The zero-order valence-corrected chi connectivity index (χ0v) is 21.4. The van der Waals surface area contributed by atoms with Crippen molar-refractivity contribution in [2.75, 3.05) is 32.7 Å². The molecule has 1 saturated heterocycles. The Hall–Kier alpha value is -3.10. The van der Waals surface area contributed by atoms with E-state index in [4.69, 9.17) is 0 Å². The number of hydrogen-bond acceptors (Lipinski definition) is 5. The Kier molecular flexibility index (Phi) is 8.71. The number of rotatable bonds is 10. The van der Waals surface area contributed by atoms with Crippen molar-refractivity contribution in [3.05, 3.63) is 70.4 Å². The summed E-state index contributed by atoms with van der Waals surface area (Å²) in [5, 5.41) is 16.4. The molecule has 0 bridgehead atoms. The highest BCUT2D eigenvalue weighted by molar-refractivity contribution is 5.97. The van der Waals surface area contributed by atoms with Crippen LogP contribution < -0.4 is 10.6 Å². The Labute approximate surface area is 216 Å². The Bertz CT molecular complexity index is 1170. The van der Waals surface area contributed by atoms with Gasteiger partial charge in [-0.05, 0) is 74.2 Å². The number of aliphatic hydroxyl groups is 1. The average Bonchev–Trinajstić information content (AvgIpc) is 3.48. The number of benzene rings is 2. The molecular formula is C29H35F2N3O3. The highest BCUT2D eigenvalue weighted by Gasteiger charge is 2.34. The molecule has 3 N–H and O–H groups in total. The lowest BCUT2D eigenvalue weighted by atomic mass is 9.87. The molecule has 2 aromatic carbocycles. The van der Waals surface area contributed by atoms with E-state index in [9.17, 15) is 23.5 Å². The summed E-state index contributed by atoms with van der Waals surface area (Å²) in [5.74, 6) is -2.20. The number of nitrogens with one attached hydrogen (secondary N) is 2. The van der Waals surface area contributed by atoms with Crippen LogP contribution in [0.25, 0.3) is 11.1 Å². The second kappa shape index (κ2) is 12.0. The predicted octanol–water partition coefficient (Wildman–Crippen LogP) is 3.69. The standard InChI is InChI=1S/C29H35F2N3O3/c1-3-32-26(18(2)29(37)33-16-23(35)17-34-9-4-5-10-34)15-25-27(36)13-19-7-6-8-24(28(19)25)20-11-21(30)14-22(31)12-20/h6-8,11-12,14,23,25,32,35H,3-5,9-10,13,15-17H2,1-2H3,(H,33,37)/b26-18+. The maximum absolute atomic E-state index is 14.0. The van der Waals surface area contributed by atoms with Gasteiger partial charge in [0.1, 0.15) is 17.4 Å². The molecule has 2 aliphatic rings. The van der Waals surface area contributed by atoms with E-state index in [1.54, 1.807) is 19.1 Å². The lowest BCUT2D eigenvalue weighted by molar-refractivity contribution is -0.119. The van der Waals surface area contributed by atoms with Crippen LogP contribution in [0.4, 0.5) is 8.78 Å². The highest BCUT2D eigenvalue weighted by atomic mass is 19.1. The Morgan fingerprint density at radius 1 is 1.14 bits per heavy atom. The smallest absolute Gasteiger partial charge is 0.248 e. The molecule has 4 rings (SSSR count). The second-order valence-corrected chi connectivity index (χ2v) is 9.94. The van der Waals surface area contributed by atoms with Crippen molar-refractivity contribution in [3.63, 3.8) is 0 Å². The van der Waals surface area contributed by atoms with Crippen LogP contribution in [0.15, 0.2) is 47.7 Å². The molecule has 2 unspecified atom stereocenters. The first-order valence-corrected chi connectivity index (χ1v) is 13.0. The Morgan fingerprint density at radius 3 is 2.51 bits per heavy atom. The van der Waals surface area contributed by atoms with Gasteiger partial charge in [0.25, 0.3) is 0 Å². The van der Waals surface area contributed by atoms with Gasteiger partial charge in [0.05, 0.1) is 6.10 Å². The summed E-state index contributed by atoms with van der Waals surface area (Å²) in [7, 11) is 0. The fourth-order valence-electron chi connectivity index (χ4n) is 5.41. The molecule has 2 aromatic rings. The van der Waals surface area contributed by atoms with Crippen molar-refractivity contribution in [2.24, 2.45) is 0 Å². The van der Waals surface area contributed by atoms with Crippen molar-refractivity contribution in [2.45, 2.75) is 51.6 Å². The monoisotopic (exact) mass is 511 g/mol. The number of allylic oxidation sites excluding steroid dienone is 1. The third-order valence-electron chi connectivity index (χ3n) is 7.23. The molecule has 1 fully saturated rings. The van der Waals surface area contributed by atoms with Gasteiger partial charge in [0.2, 0.25) is 5.91 Å². The number of carbonyl (C=O) groups is 2. The van der Waals surface area contributed by atoms with Crippen LogP contribution in [0.3, 0.4) is 0 Å². The van der Waals surface area contributed by atoms with Crippen LogP contribution in [0.1, 0.15) is 50.2 Å². The Balaban J connectivity index is 1.55. The van der Waals surface area contributed by atoms with Crippen LogP contribution in [0.5, 0.6) is 0 Å². The summed E-state index contributed by atoms with van der Waals surface area (Å²) in [6.07, 6.45) is 2.11. The lowest BCUT2D eigenvalue weighted by Gasteiger charge is -2.21. The van der Waals surface area contributed by atoms with Gasteiger partial charge in [0.15, 0.2) is 0 Å². The zero-order chi connectivity index (χ0) is 26.5. The van der Waals surface area contributed by atoms with E-state index in [1.807, 2.05) is 13.0 Å². The summed E-state index contributed by atoms with van der Waals surface area (Å²) in [6, 6.07) is 8.80. The SMILES string of the molecule is CCN/C(CC1C(=O)Cc2cccc(-c3cc(F)cc(F)c3)c21)=C(\C)C(=O)NCC(O)CN1CCCC1. The molecule has 2 atom stereocenters. The molecule has 1 heterocycles. The highest BCUT2D eigenvalue weighted by Crippen LogP contribution is 2.41. The maximum Gasteiger partial charge on any atom is 0.248 e. The zero-order valence-electron chi connectivity index (χ0n) is 21.4. The summed E-state index contributed by atoms with van der Waals surface area (Å²) < 4.78 is 28.0. The third kappa shape index (κ3) is 6.43.